The molecule has 0 bridgehead atoms. The zero-order valence-electron chi connectivity index (χ0n) is 13.4. The molecule has 0 saturated heterocycles. The summed E-state index contributed by atoms with van der Waals surface area (Å²) in [4.78, 5) is 8.50. The average molecular weight is 371 g/mol. The first-order chi connectivity index (χ1) is 11.9. The summed E-state index contributed by atoms with van der Waals surface area (Å²) >= 11 is 6.00. The van der Waals surface area contributed by atoms with Crippen LogP contribution in [0.25, 0.3) is 0 Å². The van der Waals surface area contributed by atoms with Gasteiger partial charge in [0.1, 0.15) is 5.82 Å². The fraction of sp³-hybridized carbons (Fsp3) is 0.412. The van der Waals surface area contributed by atoms with Gasteiger partial charge in [-0.3, -0.25) is 0 Å². The third-order valence-electron chi connectivity index (χ3n) is 4.15. The number of anilines is 3. The van der Waals surface area contributed by atoms with Crippen molar-refractivity contribution in [2.24, 2.45) is 0 Å². The third kappa shape index (κ3) is 4.75. The van der Waals surface area contributed by atoms with Crippen LogP contribution in [0.4, 0.5) is 30.6 Å². The molecule has 2 N–H and O–H groups in total. The highest BCUT2D eigenvalue weighted by Crippen LogP contribution is 2.34. The summed E-state index contributed by atoms with van der Waals surface area (Å²) in [7, 11) is 0. The van der Waals surface area contributed by atoms with E-state index < -0.39 is 11.7 Å². The molecule has 0 unspecified atom stereocenters. The largest absolute Gasteiger partial charge is 0.416 e. The number of hydrogen-bond acceptors (Lipinski definition) is 4. The Hall–Kier alpha value is -2.02. The Morgan fingerprint density at radius 3 is 2.56 bits per heavy atom. The fourth-order valence-electron chi connectivity index (χ4n) is 2.86. The summed E-state index contributed by atoms with van der Waals surface area (Å²) in [6, 6.07) is 5.06. The monoisotopic (exact) mass is 370 g/mol. The van der Waals surface area contributed by atoms with Crippen LogP contribution in [-0.4, -0.2) is 16.0 Å². The van der Waals surface area contributed by atoms with E-state index in [-0.39, 0.29) is 10.7 Å². The van der Waals surface area contributed by atoms with E-state index in [1.54, 1.807) is 12.3 Å². The lowest BCUT2D eigenvalue weighted by molar-refractivity contribution is -0.137. The molecule has 8 heteroatoms. The smallest absolute Gasteiger partial charge is 0.351 e. The van der Waals surface area contributed by atoms with Crippen molar-refractivity contribution in [2.45, 2.75) is 44.3 Å². The van der Waals surface area contributed by atoms with Gasteiger partial charge in [0.05, 0.1) is 16.3 Å². The van der Waals surface area contributed by atoms with Gasteiger partial charge < -0.3 is 10.6 Å². The van der Waals surface area contributed by atoms with Crippen LogP contribution in [0, 0.1) is 0 Å². The van der Waals surface area contributed by atoms with Crippen molar-refractivity contribution >= 4 is 29.1 Å². The van der Waals surface area contributed by atoms with E-state index in [4.69, 9.17) is 11.6 Å². The predicted octanol–water partition coefficient (Wildman–Crippen LogP) is 5.64. The Labute approximate surface area is 148 Å². The van der Waals surface area contributed by atoms with Crippen LogP contribution in [0.15, 0.2) is 30.5 Å². The van der Waals surface area contributed by atoms with Crippen LogP contribution in [0.5, 0.6) is 0 Å². The lowest BCUT2D eigenvalue weighted by Crippen LogP contribution is -2.23. The first kappa shape index (κ1) is 17.8. The highest BCUT2D eigenvalue weighted by Gasteiger charge is 2.31. The van der Waals surface area contributed by atoms with Crippen molar-refractivity contribution in [3.05, 3.63) is 41.0 Å². The number of hydrogen-bond donors (Lipinski definition) is 2. The summed E-state index contributed by atoms with van der Waals surface area (Å²) in [5.74, 6) is 0.842. The van der Waals surface area contributed by atoms with Crippen LogP contribution in [-0.2, 0) is 6.18 Å². The Morgan fingerprint density at radius 1 is 1.08 bits per heavy atom. The zero-order chi connectivity index (χ0) is 17.9. The minimum atomic E-state index is -4.43. The molecule has 1 heterocycles. The quantitative estimate of drug-likeness (QED) is 0.731. The molecule has 1 aromatic carbocycles. The van der Waals surface area contributed by atoms with Gasteiger partial charge in [-0.1, -0.05) is 30.9 Å². The second kappa shape index (κ2) is 7.47. The van der Waals surface area contributed by atoms with Gasteiger partial charge in [-0.15, -0.1) is 0 Å². The molecule has 1 aromatic heterocycles. The highest BCUT2D eigenvalue weighted by atomic mass is 35.5. The molecule has 0 radical (unpaired) electrons. The summed E-state index contributed by atoms with van der Waals surface area (Å²) < 4.78 is 38.6. The molecule has 134 valence electrons. The molecule has 1 saturated carbocycles. The molecule has 2 aromatic rings. The molecule has 0 amide bonds. The number of nitrogens with zero attached hydrogens (tertiary/aromatic N) is 2. The Kier molecular flexibility index (Phi) is 5.32. The van der Waals surface area contributed by atoms with Crippen LogP contribution < -0.4 is 10.6 Å². The first-order valence-electron chi connectivity index (χ1n) is 8.15. The fourth-order valence-corrected chi connectivity index (χ4v) is 3.03. The van der Waals surface area contributed by atoms with Gasteiger partial charge in [-0.05, 0) is 37.1 Å². The lowest BCUT2D eigenvalue weighted by Gasteiger charge is -2.22. The van der Waals surface area contributed by atoms with Gasteiger partial charge in [0.15, 0.2) is 0 Å². The number of halogens is 4. The topological polar surface area (TPSA) is 49.8 Å². The number of nitrogens with one attached hydrogen (secondary N) is 2. The maximum atomic E-state index is 12.9. The van der Waals surface area contributed by atoms with Gasteiger partial charge in [0.2, 0.25) is 5.95 Å². The van der Waals surface area contributed by atoms with E-state index in [1.165, 1.54) is 25.3 Å². The highest BCUT2D eigenvalue weighted by molar-refractivity contribution is 6.33. The van der Waals surface area contributed by atoms with E-state index in [9.17, 15) is 13.2 Å². The zero-order valence-corrected chi connectivity index (χ0v) is 14.2. The molecule has 1 fully saturated rings. The molecular weight excluding hydrogens is 353 g/mol. The van der Waals surface area contributed by atoms with Crippen LogP contribution >= 0.6 is 11.6 Å². The molecule has 25 heavy (non-hydrogen) atoms. The number of alkyl halides is 3. The second-order valence-corrected chi connectivity index (χ2v) is 6.47. The van der Waals surface area contributed by atoms with Crippen LogP contribution in [0.2, 0.25) is 5.02 Å². The van der Waals surface area contributed by atoms with Gasteiger partial charge in [0.25, 0.3) is 0 Å². The molecular formula is C17H18ClF3N4. The standard InChI is InChI=1S/C17H18ClF3N4/c18-13-7-6-11(17(19,20)21)10-14(13)24-15-8-9-22-16(25-15)23-12-4-2-1-3-5-12/h6-10,12H,1-5H2,(H2,22,23,24,25). The van der Waals surface area contributed by atoms with Crippen molar-refractivity contribution in [1.29, 1.82) is 0 Å². The van der Waals surface area contributed by atoms with Crippen LogP contribution in [0.1, 0.15) is 37.7 Å². The van der Waals surface area contributed by atoms with E-state index in [0.717, 1.165) is 25.0 Å². The second-order valence-electron chi connectivity index (χ2n) is 6.06. The SMILES string of the molecule is FC(F)(F)c1ccc(Cl)c(Nc2ccnc(NC3CCCCC3)n2)c1. The maximum Gasteiger partial charge on any atom is 0.416 e. The van der Waals surface area contributed by atoms with E-state index >= 15 is 0 Å². The van der Waals surface area contributed by atoms with Gasteiger partial charge >= 0.3 is 6.18 Å². The number of benzene rings is 1. The predicted molar refractivity (Wildman–Crippen MR) is 92.3 cm³/mol. The van der Waals surface area contributed by atoms with Crippen molar-refractivity contribution < 1.29 is 13.2 Å². The number of aromatic nitrogens is 2. The summed E-state index contributed by atoms with van der Waals surface area (Å²) in [6.45, 7) is 0. The van der Waals surface area contributed by atoms with Crippen LogP contribution in [0.3, 0.4) is 0 Å². The maximum absolute atomic E-state index is 12.9. The van der Waals surface area contributed by atoms with Gasteiger partial charge in [-0.2, -0.15) is 18.2 Å². The molecule has 0 atom stereocenters. The molecule has 4 nitrogen and oxygen atoms in total. The Bertz CT molecular complexity index is 730. The average Bonchev–Trinajstić information content (AvgIpc) is 2.57. The molecule has 1 aliphatic rings. The van der Waals surface area contributed by atoms with E-state index in [2.05, 4.69) is 20.6 Å². The lowest BCUT2D eigenvalue weighted by atomic mass is 9.96. The summed E-state index contributed by atoms with van der Waals surface area (Å²) in [5, 5.41) is 6.31. The summed E-state index contributed by atoms with van der Waals surface area (Å²) in [5.41, 5.74) is -0.618. The molecule has 1 aliphatic carbocycles. The van der Waals surface area contributed by atoms with E-state index in [1.807, 2.05) is 0 Å². The Morgan fingerprint density at radius 2 is 1.84 bits per heavy atom. The van der Waals surface area contributed by atoms with Crippen molar-refractivity contribution in [1.82, 2.24) is 9.97 Å². The summed E-state index contributed by atoms with van der Waals surface area (Å²) in [6.07, 6.45) is 2.86. The molecule has 0 spiro atoms. The first-order valence-corrected chi connectivity index (χ1v) is 8.53. The van der Waals surface area contributed by atoms with Crippen molar-refractivity contribution in [2.75, 3.05) is 10.6 Å². The normalized spacial score (nSPS) is 15.8. The van der Waals surface area contributed by atoms with E-state index in [0.29, 0.717) is 17.8 Å². The van der Waals surface area contributed by atoms with Gasteiger partial charge in [-0.25, -0.2) is 4.98 Å². The number of rotatable bonds is 4. The van der Waals surface area contributed by atoms with Crippen molar-refractivity contribution in [3.8, 4) is 0 Å². The third-order valence-corrected chi connectivity index (χ3v) is 4.48. The molecule has 0 aliphatic heterocycles. The Balaban J connectivity index is 1.75. The molecule has 3 rings (SSSR count). The minimum Gasteiger partial charge on any atom is -0.351 e. The van der Waals surface area contributed by atoms with Gasteiger partial charge in [0, 0.05) is 12.2 Å². The van der Waals surface area contributed by atoms with Crippen molar-refractivity contribution in [3.63, 3.8) is 0 Å². The minimum absolute atomic E-state index is 0.152.